The highest BCUT2D eigenvalue weighted by molar-refractivity contribution is 5.86. The fraction of sp³-hybridized carbons (Fsp3) is 0.435. The Balaban J connectivity index is -0.000000116. The van der Waals surface area contributed by atoms with Gasteiger partial charge in [-0.2, -0.15) is 0 Å². The summed E-state index contributed by atoms with van der Waals surface area (Å²) in [7, 11) is 0. The van der Waals surface area contributed by atoms with Crippen molar-refractivity contribution in [1.29, 1.82) is 0 Å². The SMILES string of the molecule is C=C(C)C(=O)O.C=C(C)C(=O)O.C=C(C)C(=O)O.C=C(C)C(=O)O.O=C(C(CO)CO)C(CO)CO. The van der Waals surface area contributed by atoms with Gasteiger partial charge in [0, 0.05) is 22.3 Å². The molecule has 0 radical (unpaired) electrons. The van der Waals surface area contributed by atoms with Crippen molar-refractivity contribution < 1.29 is 64.8 Å². The van der Waals surface area contributed by atoms with Crippen molar-refractivity contribution in [3.8, 4) is 0 Å². The maximum Gasteiger partial charge on any atom is 0.330 e. The molecule has 0 rings (SSSR count). The van der Waals surface area contributed by atoms with Crippen molar-refractivity contribution >= 4 is 29.7 Å². The van der Waals surface area contributed by atoms with Crippen molar-refractivity contribution in [3.05, 3.63) is 48.6 Å². The average Bonchev–Trinajstić information content (AvgIpc) is 2.76. The number of ketones is 1. The fourth-order valence-corrected chi connectivity index (χ4v) is 0.809. The Bertz CT molecular complexity index is 600. The van der Waals surface area contributed by atoms with Crippen LogP contribution in [0.5, 0.6) is 0 Å². The molecule has 0 fully saturated rings. The Hall–Kier alpha value is -3.65. The van der Waals surface area contributed by atoms with E-state index in [1.54, 1.807) is 0 Å². The first-order chi connectivity index (χ1) is 16.3. The van der Waals surface area contributed by atoms with Gasteiger partial charge in [0.1, 0.15) is 5.78 Å². The van der Waals surface area contributed by atoms with Crippen LogP contribution in [-0.4, -0.2) is 96.9 Å². The molecular weight excluding hydrogens is 484 g/mol. The summed E-state index contributed by atoms with van der Waals surface area (Å²) in [6, 6.07) is 0. The highest BCUT2D eigenvalue weighted by Crippen LogP contribution is 2.06. The largest absolute Gasteiger partial charge is 0.478 e. The van der Waals surface area contributed by atoms with E-state index in [-0.39, 0.29) is 22.3 Å². The van der Waals surface area contributed by atoms with E-state index in [9.17, 15) is 24.0 Å². The lowest BCUT2D eigenvalue weighted by atomic mass is 9.95. The predicted molar refractivity (Wildman–Crippen MR) is 130 cm³/mol. The first kappa shape index (κ1) is 42.5. The van der Waals surface area contributed by atoms with Gasteiger partial charge in [0.05, 0.1) is 38.3 Å². The number of hydrogen-bond donors (Lipinski definition) is 8. The summed E-state index contributed by atoms with van der Waals surface area (Å²) in [6.45, 7) is 16.5. The third-order valence-electron chi connectivity index (χ3n) is 3.15. The number of carboxylic acids is 4. The lowest BCUT2D eigenvalue weighted by Crippen LogP contribution is -2.32. The minimum Gasteiger partial charge on any atom is -0.478 e. The van der Waals surface area contributed by atoms with Gasteiger partial charge < -0.3 is 40.9 Å². The van der Waals surface area contributed by atoms with E-state index in [1.807, 2.05) is 0 Å². The number of carboxylic acid groups (broad SMARTS) is 4. The van der Waals surface area contributed by atoms with Crippen LogP contribution in [0, 0.1) is 11.8 Å². The molecule has 0 heterocycles. The molecule has 208 valence electrons. The maximum absolute atomic E-state index is 11.1. The van der Waals surface area contributed by atoms with E-state index >= 15 is 0 Å². The van der Waals surface area contributed by atoms with Gasteiger partial charge in [-0.1, -0.05) is 26.3 Å². The molecule has 0 spiro atoms. The van der Waals surface area contributed by atoms with Crippen LogP contribution in [0.15, 0.2) is 48.6 Å². The normalized spacial score (nSPS) is 8.72. The molecule has 36 heavy (non-hydrogen) atoms. The van der Waals surface area contributed by atoms with Crippen LogP contribution in [0.1, 0.15) is 27.7 Å². The molecular formula is C23H38O13. The molecule has 0 aliphatic carbocycles. The van der Waals surface area contributed by atoms with Crippen LogP contribution in [0.3, 0.4) is 0 Å². The molecule has 0 aromatic heterocycles. The summed E-state index contributed by atoms with van der Waals surface area (Å²) in [4.78, 5) is 49.5. The standard InChI is InChI=1S/C7H14O5.4C4H6O2/c8-1-5(2-9)7(12)6(3-10)4-11;4*1-3(2)4(5)6/h5-6,8-11H,1-4H2;4*1H2,2H3,(H,5,6). The molecule has 0 saturated carbocycles. The number of aliphatic carboxylic acids is 4. The maximum atomic E-state index is 11.1. The molecule has 13 heteroatoms. The molecule has 0 bridgehead atoms. The van der Waals surface area contributed by atoms with Crippen molar-refractivity contribution in [2.24, 2.45) is 11.8 Å². The predicted octanol–water partition coefficient (Wildman–Crippen LogP) is 0.346. The van der Waals surface area contributed by atoms with Crippen LogP contribution >= 0.6 is 0 Å². The third-order valence-corrected chi connectivity index (χ3v) is 3.15. The number of aliphatic hydroxyl groups is 4. The van der Waals surface area contributed by atoms with Gasteiger partial charge in [0.2, 0.25) is 0 Å². The number of carbonyl (C=O) groups is 5. The minimum atomic E-state index is -0.935. The lowest BCUT2D eigenvalue weighted by molar-refractivity contribution is -0.133. The minimum absolute atomic E-state index is 0.176. The van der Waals surface area contributed by atoms with Gasteiger partial charge in [-0.05, 0) is 27.7 Å². The second-order valence-electron chi connectivity index (χ2n) is 6.87. The first-order valence-electron chi connectivity index (χ1n) is 9.80. The summed E-state index contributed by atoms with van der Waals surface area (Å²) in [5, 5.41) is 65.9. The molecule has 0 aromatic rings. The van der Waals surface area contributed by atoms with Gasteiger partial charge in [-0.3, -0.25) is 4.79 Å². The molecule has 0 aliphatic heterocycles. The van der Waals surface area contributed by atoms with Crippen LogP contribution in [-0.2, 0) is 24.0 Å². The number of Topliss-reactive ketones (excluding diaryl/α,β-unsaturated/α-hetero) is 1. The van der Waals surface area contributed by atoms with Gasteiger partial charge in [-0.25, -0.2) is 19.2 Å². The molecule has 0 aliphatic rings. The molecule has 0 unspecified atom stereocenters. The fourth-order valence-electron chi connectivity index (χ4n) is 0.809. The van der Waals surface area contributed by atoms with Crippen molar-refractivity contribution in [3.63, 3.8) is 0 Å². The quantitative estimate of drug-likeness (QED) is 0.181. The zero-order chi connectivity index (χ0) is 30.2. The highest BCUT2D eigenvalue weighted by atomic mass is 16.4. The average molecular weight is 523 g/mol. The summed E-state index contributed by atoms with van der Waals surface area (Å²) >= 11 is 0. The molecule has 13 nitrogen and oxygen atoms in total. The van der Waals surface area contributed by atoms with Crippen molar-refractivity contribution in [1.82, 2.24) is 0 Å². The second kappa shape index (κ2) is 26.0. The van der Waals surface area contributed by atoms with E-state index in [0.29, 0.717) is 0 Å². The van der Waals surface area contributed by atoms with Crippen molar-refractivity contribution in [2.45, 2.75) is 27.7 Å². The smallest absolute Gasteiger partial charge is 0.330 e. The van der Waals surface area contributed by atoms with Gasteiger partial charge >= 0.3 is 23.9 Å². The monoisotopic (exact) mass is 522 g/mol. The van der Waals surface area contributed by atoms with E-state index < -0.39 is 67.9 Å². The van der Waals surface area contributed by atoms with Gasteiger partial charge in [0.25, 0.3) is 0 Å². The van der Waals surface area contributed by atoms with E-state index in [1.165, 1.54) is 27.7 Å². The molecule has 0 saturated heterocycles. The summed E-state index contributed by atoms with van der Waals surface area (Å²) in [5.74, 6) is -6.04. The number of rotatable bonds is 10. The van der Waals surface area contributed by atoms with Gasteiger partial charge in [-0.15, -0.1) is 0 Å². The van der Waals surface area contributed by atoms with Crippen LogP contribution in [0.4, 0.5) is 0 Å². The Labute approximate surface area is 209 Å². The Morgan fingerprint density at radius 3 is 0.639 bits per heavy atom. The summed E-state index contributed by atoms with van der Waals surface area (Å²) < 4.78 is 0. The molecule has 0 amide bonds. The van der Waals surface area contributed by atoms with Gasteiger partial charge in [0.15, 0.2) is 0 Å². The van der Waals surface area contributed by atoms with E-state index in [2.05, 4.69) is 26.3 Å². The molecule has 0 atom stereocenters. The van der Waals surface area contributed by atoms with E-state index in [4.69, 9.17) is 40.9 Å². The third kappa shape index (κ3) is 32.5. The van der Waals surface area contributed by atoms with E-state index in [0.717, 1.165) is 0 Å². The summed E-state index contributed by atoms with van der Waals surface area (Å²) in [6.07, 6.45) is 0. The van der Waals surface area contributed by atoms with Crippen LogP contribution in [0.2, 0.25) is 0 Å². The van der Waals surface area contributed by atoms with Crippen molar-refractivity contribution in [2.75, 3.05) is 26.4 Å². The zero-order valence-electron chi connectivity index (χ0n) is 20.9. The van der Waals surface area contributed by atoms with Crippen LogP contribution in [0.25, 0.3) is 0 Å². The first-order valence-corrected chi connectivity index (χ1v) is 9.80. The number of aliphatic hydroxyl groups excluding tert-OH is 4. The highest BCUT2D eigenvalue weighted by Gasteiger charge is 2.24. The Kier molecular flexibility index (Phi) is 30.7. The lowest BCUT2D eigenvalue weighted by Gasteiger charge is -2.15. The number of hydrogen-bond acceptors (Lipinski definition) is 9. The summed E-state index contributed by atoms with van der Waals surface area (Å²) in [5.41, 5.74) is 0.704. The Morgan fingerprint density at radius 2 is 0.583 bits per heavy atom. The zero-order valence-corrected chi connectivity index (χ0v) is 20.9. The molecule has 8 N–H and O–H groups in total. The number of carbonyl (C=O) groups excluding carboxylic acids is 1. The Morgan fingerprint density at radius 1 is 0.472 bits per heavy atom. The van der Waals surface area contributed by atoms with Crippen LogP contribution < -0.4 is 0 Å². The second-order valence-corrected chi connectivity index (χ2v) is 6.87. The topological polar surface area (TPSA) is 247 Å². The molecule has 0 aromatic carbocycles.